The van der Waals surface area contributed by atoms with Crippen LogP contribution in [0.1, 0.15) is 16.3 Å². The van der Waals surface area contributed by atoms with Gasteiger partial charge in [0.15, 0.2) is 0 Å². The van der Waals surface area contributed by atoms with E-state index in [9.17, 15) is 4.79 Å². The fourth-order valence-corrected chi connectivity index (χ4v) is 3.30. The lowest BCUT2D eigenvalue weighted by Crippen LogP contribution is -2.49. The molecule has 0 bridgehead atoms. The van der Waals surface area contributed by atoms with Gasteiger partial charge in [-0.1, -0.05) is 0 Å². The minimum absolute atomic E-state index is 0.0412. The number of nitrogens with one attached hydrogen (secondary N) is 1. The molecule has 156 valence electrons. The van der Waals surface area contributed by atoms with E-state index in [0.29, 0.717) is 30.4 Å². The zero-order valence-electron chi connectivity index (χ0n) is 17.7. The fourth-order valence-electron chi connectivity index (χ4n) is 3.30. The maximum Gasteiger partial charge on any atom is 0.272 e. The Labute approximate surface area is 172 Å². The maximum atomic E-state index is 13.0. The molecule has 0 saturated carbocycles. The molecule has 0 unspecified atom stereocenters. The van der Waals surface area contributed by atoms with Gasteiger partial charge in [0.25, 0.3) is 5.91 Å². The van der Waals surface area contributed by atoms with Crippen LogP contribution in [0.15, 0.2) is 30.3 Å². The van der Waals surface area contributed by atoms with Crippen LogP contribution in [0.5, 0.6) is 5.75 Å². The number of anilines is 2. The highest BCUT2D eigenvalue weighted by Crippen LogP contribution is 2.21. The second kappa shape index (κ2) is 9.56. The summed E-state index contributed by atoms with van der Waals surface area (Å²) >= 11 is 0. The van der Waals surface area contributed by atoms with Gasteiger partial charge in [-0.3, -0.25) is 4.79 Å². The molecule has 1 N–H and O–H groups in total. The third-order valence-corrected chi connectivity index (χ3v) is 4.93. The smallest absolute Gasteiger partial charge is 0.272 e. The van der Waals surface area contributed by atoms with E-state index in [4.69, 9.17) is 4.74 Å². The Morgan fingerprint density at radius 1 is 1.14 bits per heavy atom. The molecule has 1 amide bonds. The Morgan fingerprint density at radius 3 is 2.45 bits per heavy atom. The average molecular weight is 399 g/mol. The van der Waals surface area contributed by atoms with E-state index in [1.54, 1.807) is 13.2 Å². The van der Waals surface area contributed by atoms with Crippen LogP contribution in [-0.2, 0) is 0 Å². The van der Waals surface area contributed by atoms with Gasteiger partial charge >= 0.3 is 0 Å². The van der Waals surface area contributed by atoms with E-state index in [1.165, 1.54) is 0 Å². The number of aryl methyl sites for hydroxylation is 1. The van der Waals surface area contributed by atoms with E-state index in [1.807, 2.05) is 38.1 Å². The summed E-state index contributed by atoms with van der Waals surface area (Å²) in [5, 5.41) is 3.27. The number of carbonyl (C=O) groups excluding carboxylic acids is 1. The third kappa shape index (κ3) is 5.57. The molecule has 2 aromatic rings. The first-order chi connectivity index (χ1) is 14.0. The number of methoxy groups -OCH3 is 1. The zero-order chi connectivity index (χ0) is 20.8. The van der Waals surface area contributed by atoms with Gasteiger partial charge in [0.1, 0.15) is 23.1 Å². The number of likely N-dealkylation sites (N-methyl/N-ethyl adjacent to an activating group) is 1. The van der Waals surface area contributed by atoms with Crippen molar-refractivity contribution in [1.82, 2.24) is 19.8 Å². The lowest BCUT2D eigenvalue weighted by molar-refractivity contribution is 0.0740. The summed E-state index contributed by atoms with van der Waals surface area (Å²) in [6.07, 6.45) is 0. The summed E-state index contributed by atoms with van der Waals surface area (Å²) in [5.74, 6) is 2.09. The number of aromatic nitrogens is 2. The van der Waals surface area contributed by atoms with Crippen LogP contribution < -0.4 is 15.0 Å². The minimum atomic E-state index is -0.0412. The highest BCUT2D eigenvalue weighted by molar-refractivity contribution is 5.93. The van der Waals surface area contributed by atoms with Crippen LogP contribution >= 0.6 is 0 Å². The molecule has 0 aliphatic carbocycles. The molecule has 1 aromatic heterocycles. The van der Waals surface area contributed by atoms with Gasteiger partial charge in [-0.15, -0.1) is 0 Å². The summed E-state index contributed by atoms with van der Waals surface area (Å²) in [7, 11) is 5.71. The molecule has 0 atom stereocenters. The maximum absolute atomic E-state index is 13.0. The normalized spacial score (nSPS) is 14.2. The summed E-state index contributed by atoms with van der Waals surface area (Å²) in [6.45, 7) is 6.37. The summed E-state index contributed by atoms with van der Waals surface area (Å²) in [5.41, 5.74) is 1.59. The lowest BCUT2D eigenvalue weighted by Gasteiger charge is -2.36. The van der Waals surface area contributed by atoms with E-state index in [-0.39, 0.29) is 5.91 Å². The largest absolute Gasteiger partial charge is 0.497 e. The number of amides is 1. The molecule has 8 heteroatoms. The van der Waals surface area contributed by atoms with Crippen molar-refractivity contribution in [1.29, 1.82) is 0 Å². The SMILES string of the molecule is COc1ccc(N2CCN(C(=O)c3cc(NCCN(C)C)nc(C)n3)CC2)cc1. The van der Waals surface area contributed by atoms with Gasteiger partial charge in [0.05, 0.1) is 7.11 Å². The number of hydrogen-bond donors (Lipinski definition) is 1. The Balaban J connectivity index is 1.60. The van der Waals surface area contributed by atoms with E-state index in [0.717, 1.165) is 37.6 Å². The molecule has 0 radical (unpaired) electrons. The summed E-state index contributed by atoms with van der Waals surface area (Å²) in [6, 6.07) is 9.77. The molecule has 1 fully saturated rings. The van der Waals surface area contributed by atoms with E-state index in [2.05, 4.69) is 37.2 Å². The average Bonchev–Trinajstić information content (AvgIpc) is 2.73. The number of rotatable bonds is 7. The monoisotopic (exact) mass is 398 g/mol. The first kappa shape index (κ1) is 20.9. The van der Waals surface area contributed by atoms with Crippen LogP contribution in [0.3, 0.4) is 0 Å². The van der Waals surface area contributed by atoms with Crippen molar-refractivity contribution in [2.24, 2.45) is 0 Å². The van der Waals surface area contributed by atoms with E-state index < -0.39 is 0 Å². The third-order valence-electron chi connectivity index (χ3n) is 4.93. The summed E-state index contributed by atoms with van der Waals surface area (Å²) < 4.78 is 5.22. The molecule has 29 heavy (non-hydrogen) atoms. The summed E-state index contributed by atoms with van der Waals surface area (Å²) in [4.78, 5) is 28.0. The van der Waals surface area contributed by atoms with Gasteiger partial charge < -0.3 is 24.8 Å². The highest BCUT2D eigenvalue weighted by atomic mass is 16.5. The Morgan fingerprint density at radius 2 is 1.83 bits per heavy atom. The number of piperazine rings is 1. The molecule has 0 spiro atoms. The topological polar surface area (TPSA) is 73.8 Å². The lowest BCUT2D eigenvalue weighted by atomic mass is 10.2. The molecular formula is C21H30N6O2. The number of hydrogen-bond acceptors (Lipinski definition) is 7. The minimum Gasteiger partial charge on any atom is -0.497 e. The van der Waals surface area contributed by atoms with E-state index >= 15 is 0 Å². The number of carbonyl (C=O) groups is 1. The molecule has 1 aliphatic heterocycles. The van der Waals surface area contributed by atoms with Crippen LogP contribution in [-0.4, -0.2) is 86.1 Å². The second-order valence-corrected chi connectivity index (χ2v) is 7.39. The molecule has 2 heterocycles. The van der Waals surface area contributed by atoms with Gasteiger partial charge in [-0.2, -0.15) is 0 Å². The van der Waals surface area contributed by atoms with Crippen LogP contribution in [0.25, 0.3) is 0 Å². The van der Waals surface area contributed by atoms with Gasteiger partial charge in [-0.25, -0.2) is 9.97 Å². The van der Waals surface area contributed by atoms with Crippen molar-refractivity contribution in [3.8, 4) is 5.75 Å². The van der Waals surface area contributed by atoms with Crippen molar-refractivity contribution in [3.05, 3.63) is 41.9 Å². The van der Waals surface area contributed by atoms with Crippen LogP contribution in [0.4, 0.5) is 11.5 Å². The number of benzene rings is 1. The molecule has 1 aromatic carbocycles. The molecule has 1 aliphatic rings. The van der Waals surface area contributed by atoms with Gasteiger partial charge in [0.2, 0.25) is 0 Å². The molecular weight excluding hydrogens is 368 g/mol. The molecule has 1 saturated heterocycles. The van der Waals surface area contributed by atoms with Gasteiger partial charge in [-0.05, 0) is 45.3 Å². The standard InChI is InChI=1S/C21H30N6O2/c1-16-23-19(15-20(24-16)22-9-10-25(2)3)21(28)27-13-11-26(12-14-27)17-5-7-18(29-4)8-6-17/h5-8,15H,9-14H2,1-4H3,(H,22,23,24). The van der Waals surface area contributed by atoms with Crippen LogP contribution in [0.2, 0.25) is 0 Å². The zero-order valence-corrected chi connectivity index (χ0v) is 17.7. The van der Waals surface area contributed by atoms with Crippen molar-refractivity contribution < 1.29 is 9.53 Å². The fraction of sp³-hybridized carbons (Fsp3) is 0.476. The second-order valence-electron chi connectivity index (χ2n) is 7.39. The Hall–Kier alpha value is -2.87. The van der Waals surface area contributed by atoms with Gasteiger partial charge in [0, 0.05) is 51.0 Å². The molecule has 8 nitrogen and oxygen atoms in total. The quantitative estimate of drug-likeness (QED) is 0.761. The predicted octanol–water partition coefficient (Wildman–Crippen LogP) is 1.73. The highest BCUT2D eigenvalue weighted by Gasteiger charge is 2.24. The van der Waals surface area contributed by atoms with Crippen molar-refractivity contribution in [3.63, 3.8) is 0 Å². The number of ether oxygens (including phenoxy) is 1. The van der Waals surface area contributed by atoms with Crippen molar-refractivity contribution >= 4 is 17.4 Å². The van der Waals surface area contributed by atoms with Crippen molar-refractivity contribution in [2.45, 2.75) is 6.92 Å². The van der Waals surface area contributed by atoms with Crippen molar-refractivity contribution in [2.75, 3.05) is 70.7 Å². The Bertz CT molecular complexity index is 816. The predicted molar refractivity (Wildman–Crippen MR) is 115 cm³/mol. The number of nitrogens with zero attached hydrogens (tertiary/aromatic N) is 5. The van der Waals surface area contributed by atoms with Crippen LogP contribution in [0, 0.1) is 6.92 Å². The first-order valence-electron chi connectivity index (χ1n) is 9.89. The Kier molecular flexibility index (Phi) is 6.87. The first-order valence-corrected chi connectivity index (χ1v) is 9.89. The molecule has 3 rings (SSSR count).